The van der Waals surface area contributed by atoms with Crippen LogP contribution in [-0.4, -0.2) is 15.0 Å². The van der Waals surface area contributed by atoms with Gasteiger partial charge < -0.3 is 0 Å². The Bertz CT molecular complexity index is 409. The van der Waals surface area contributed by atoms with Crippen molar-refractivity contribution in [2.75, 3.05) is 0 Å². The smallest absolute Gasteiger partial charge is 0.153 e. The van der Waals surface area contributed by atoms with Crippen LogP contribution in [0.1, 0.15) is 5.56 Å². The summed E-state index contributed by atoms with van der Waals surface area (Å²) in [5, 5.41) is 7.71. The second kappa shape index (κ2) is 2.97. The second-order valence-corrected chi connectivity index (χ2v) is 2.73. The Labute approximate surface area is 74.8 Å². The zero-order valence-electron chi connectivity index (χ0n) is 7.11. The lowest BCUT2D eigenvalue weighted by atomic mass is 10.2. The number of nitrogens with zero attached hydrogens (tertiary/aromatic N) is 3. The largest absolute Gasteiger partial charge is 0.204 e. The predicted octanol–water partition coefficient (Wildman–Crippen LogP) is 1.71. The molecule has 4 heteroatoms. The van der Waals surface area contributed by atoms with E-state index < -0.39 is 0 Å². The number of halogens is 1. The van der Waals surface area contributed by atoms with Gasteiger partial charge in [-0.3, -0.25) is 0 Å². The van der Waals surface area contributed by atoms with E-state index in [-0.39, 0.29) is 5.82 Å². The monoisotopic (exact) mass is 177 g/mol. The number of benzene rings is 1. The van der Waals surface area contributed by atoms with Gasteiger partial charge in [0.15, 0.2) is 5.82 Å². The molecule has 0 saturated heterocycles. The van der Waals surface area contributed by atoms with Gasteiger partial charge in [-0.1, -0.05) is 12.1 Å². The van der Waals surface area contributed by atoms with Gasteiger partial charge in [-0.15, -0.1) is 4.80 Å². The van der Waals surface area contributed by atoms with Crippen LogP contribution >= 0.6 is 0 Å². The molecular weight excluding hydrogens is 169 g/mol. The fourth-order valence-corrected chi connectivity index (χ4v) is 1.13. The first kappa shape index (κ1) is 7.91. The van der Waals surface area contributed by atoms with Crippen LogP contribution in [0.2, 0.25) is 0 Å². The molecule has 0 fully saturated rings. The minimum Gasteiger partial charge on any atom is -0.204 e. The van der Waals surface area contributed by atoms with Crippen LogP contribution in [0.3, 0.4) is 0 Å². The molecule has 0 radical (unpaired) electrons. The van der Waals surface area contributed by atoms with Crippen molar-refractivity contribution in [2.24, 2.45) is 0 Å². The molecule has 66 valence electrons. The molecule has 0 amide bonds. The summed E-state index contributed by atoms with van der Waals surface area (Å²) in [6.07, 6.45) is 3.03. The van der Waals surface area contributed by atoms with Crippen molar-refractivity contribution >= 4 is 0 Å². The molecular formula is C9H8FN3. The van der Waals surface area contributed by atoms with Gasteiger partial charge >= 0.3 is 0 Å². The molecule has 0 spiro atoms. The van der Waals surface area contributed by atoms with Crippen LogP contribution in [-0.2, 0) is 0 Å². The van der Waals surface area contributed by atoms with Gasteiger partial charge in [-0.25, -0.2) is 4.39 Å². The maximum atomic E-state index is 13.5. The van der Waals surface area contributed by atoms with E-state index in [1.54, 1.807) is 25.1 Å². The summed E-state index contributed by atoms with van der Waals surface area (Å²) in [7, 11) is 0. The maximum Gasteiger partial charge on any atom is 0.153 e. The molecule has 2 rings (SSSR count). The minimum atomic E-state index is -0.279. The maximum absolute atomic E-state index is 13.5. The van der Waals surface area contributed by atoms with Crippen LogP contribution in [0.25, 0.3) is 5.69 Å². The summed E-state index contributed by atoms with van der Waals surface area (Å²) >= 11 is 0. The SMILES string of the molecule is Cc1cccc(-n2nccn2)c1F. The molecule has 1 aromatic carbocycles. The lowest BCUT2D eigenvalue weighted by molar-refractivity contribution is 0.588. The summed E-state index contributed by atoms with van der Waals surface area (Å²) < 4.78 is 13.5. The Balaban J connectivity index is 2.59. The van der Waals surface area contributed by atoms with Gasteiger partial charge in [0, 0.05) is 0 Å². The lowest BCUT2D eigenvalue weighted by Crippen LogP contribution is -2.02. The summed E-state index contributed by atoms with van der Waals surface area (Å²) in [6, 6.07) is 5.13. The van der Waals surface area contributed by atoms with Crippen LogP contribution in [0.5, 0.6) is 0 Å². The topological polar surface area (TPSA) is 30.7 Å². The third-order valence-electron chi connectivity index (χ3n) is 1.81. The van der Waals surface area contributed by atoms with Gasteiger partial charge in [0.2, 0.25) is 0 Å². The van der Waals surface area contributed by atoms with Crippen molar-refractivity contribution in [2.45, 2.75) is 6.92 Å². The third-order valence-corrected chi connectivity index (χ3v) is 1.81. The van der Waals surface area contributed by atoms with Crippen LogP contribution in [0, 0.1) is 12.7 Å². The Morgan fingerprint density at radius 3 is 2.62 bits per heavy atom. The molecule has 0 aliphatic heterocycles. The van der Waals surface area contributed by atoms with Crippen molar-refractivity contribution in [3.05, 3.63) is 42.0 Å². The first-order valence-corrected chi connectivity index (χ1v) is 3.91. The highest BCUT2D eigenvalue weighted by Gasteiger charge is 2.06. The van der Waals surface area contributed by atoms with Crippen molar-refractivity contribution in [1.82, 2.24) is 15.0 Å². The number of aromatic nitrogens is 3. The normalized spacial score (nSPS) is 10.3. The molecule has 13 heavy (non-hydrogen) atoms. The van der Waals surface area contributed by atoms with Crippen LogP contribution in [0.15, 0.2) is 30.6 Å². The fraction of sp³-hybridized carbons (Fsp3) is 0.111. The van der Waals surface area contributed by atoms with Gasteiger partial charge in [-0.05, 0) is 18.6 Å². The second-order valence-electron chi connectivity index (χ2n) is 2.73. The van der Waals surface area contributed by atoms with Crippen molar-refractivity contribution < 1.29 is 4.39 Å². The molecule has 0 atom stereocenters. The van der Waals surface area contributed by atoms with Gasteiger partial charge in [0.05, 0.1) is 12.4 Å². The lowest BCUT2D eigenvalue weighted by Gasteiger charge is -2.02. The number of hydrogen-bond donors (Lipinski definition) is 0. The highest BCUT2D eigenvalue weighted by Crippen LogP contribution is 2.13. The zero-order valence-corrected chi connectivity index (χ0v) is 7.11. The molecule has 0 aliphatic carbocycles. The van der Waals surface area contributed by atoms with Crippen molar-refractivity contribution in [1.29, 1.82) is 0 Å². The van der Waals surface area contributed by atoms with E-state index >= 15 is 0 Å². The minimum absolute atomic E-state index is 0.279. The van der Waals surface area contributed by atoms with Gasteiger partial charge in [0.1, 0.15) is 5.69 Å². The van der Waals surface area contributed by atoms with Crippen LogP contribution < -0.4 is 0 Å². The molecule has 0 saturated carbocycles. The number of aryl methyl sites for hydroxylation is 1. The molecule has 1 heterocycles. The van der Waals surface area contributed by atoms with E-state index in [0.717, 1.165) is 0 Å². The summed E-state index contributed by atoms with van der Waals surface area (Å²) in [6.45, 7) is 1.71. The summed E-state index contributed by atoms with van der Waals surface area (Å²) in [5.74, 6) is -0.279. The molecule has 3 nitrogen and oxygen atoms in total. The number of rotatable bonds is 1. The molecule has 0 bridgehead atoms. The van der Waals surface area contributed by atoms with E-state index in [4.69, 9.17) is 0 Å². The average molecular weight is 177 g/mol. The zero-order chi connectivity index (χ0) is 9.26. The standard InChI is InChI=1S/C9H8FN3/c1-7-3-2-4-8(9(7)10)13-11-5-6-12-13/h2-6H,1H3. The predicted molar refractivity (Wildman–Crippen MR) is 46.1 cm³/mol. The van der Waals surface area contributed by atoms with E-state index in [0.29, 0.717) is 11.3 Å². The highest BCUT2D eigenvalue weighted by atomic mass is 19.1. The molecule has 2 aromatic rings. The average Bonchev–Trinajstić information content (AvgIpc) is 2.62. The summed E-state index contributed by atoms with van der Waals surface area (Å²) in [4.78, 5) is 1.27. The number of hydrogen-bond acceptors (Lipinski definition) is 2. The molecule has 0 N–H and O–H groups in total. The van der Waals surface area contributed by atoms with Gasteiger partial charge in [-0.2, -0.15) is 10.2 Å². The Kier molecular flexibility index (Phi) is 1.81. The van der Waals surface area contributed by atoms with Crippen molar-refractivity contribution in [3.63, 3.8) is 0 Å². The van der Waals surface area contributed by atoms with E-state index in [1.165, 1.54) is 17.2 Å². The van der Waals surface area contributed by atoms with Crippen LogP contribution in [0.4, 0.5) is 4.39 Å². The molecule has 0 unspecified atom stereocenters. The van der Waals surface area contributed by atoms with Crippen molar-refractivity contribution in [3.8, 4) is 5.69 Å². The molecule has 1 aromatic heterocycles. The fourth-order valence-electron chi connectivity index (χ4n) is 1.13. The van der Waals surface area contributed by atoms with E-state index in [2.05, 4.69) is 10.2 Å². The van der Waals surface area contributed by atoms with E-state index in [9.17, 15) is 4.39 Å². The quantitative estimate of drug-likeness (QED) is 0.664. The Morgan fingerprint density at radius 2 is 1.92 bits per heavy atom. The first-order chi connectivity index (χ1) is 6.29. The Hall–Kier alpha value is -1.71. The van der Waals surface area contributed by atoms with Gasteiger partial charge in [0.25, 0.3) is 0 Å². The summed E-state index contributed by atoms with van der Waals surface area (Å²) in [5.41, 5.74) is 0.972. The molecule has 0 aliphatic rings. The Morgan fingerprint density at radius 1 is 1.23 bits per heavy atom. The highest BCUT2D eigenvalue weighted by molar-refractivity contribution is 5.35. The van der Waals surface area contributed by atoms with E-state index in [1.807, 2.05) is 0 Å². The third kappa shape index (κ3) is 1.30. The first-order valence-electron chi connectivity index (χ1n) is 3.91.